The van der Waals surface area contributed by atoms with Gasteiger partial charge in [-0.15, -0.1) is 0 Å². The molecule has 0 unspecified atom stereocenters. The number of nitrogen functional groups attached to an aromatic ring is 1. The molecule has 3 N–H and O–H groups in total. The van der Waals surface area contributed by atoms with E-state index in [4.69, 9.17) is 5.73 Å². The zero-order chi connectivity index (χ0) is 14.9. The molecule has 2 rings (SSSR count). The van der Waals surface area contributed by atoms with E-state index in [1.165, 1.54) is 6.07 Å². The maximum atomic E-state index is 12.2. The minimum Gasteiger partial charge on any atom is -0.399 e. The number of aromatic nitrogens is 2. The average molecular weight is 359 g/mol. The summed E-state index contributed by atoms with van der Waals surface area (Å²) in [5, 5.41) is 4.17. The number of rotatable bonds is 4. The third-order valence-electron chi connectivity index (χ3n) is 2.81. The van der Waals surface area contributed by atoms with E-state index in [2.05, 4.69) is 25.8 Å². The highest BCUT2D eigenvalue weighted by Gasteiger charge is 2.18. The van der Waals surface area contributed by atoms with Gasteiger partial charge in [0.1, 0.15) is 0 Å². The fourth-order valence-corrected chi connectivity index (χ4v) is 3.91. The molecule has 0 saturated carbocycles. The first-order valence-corrected chi connectivity index (χ1v) is 8.11. The SMILES string of the molecule is Cc1nn(C)cc1CNS(=O)(=O)c1ccc(N)cc1Br. The van der Waals surface area contributed by atoms with Gasteiger partial charge in [0.2, 0.25) is 10.0 Å². The molecule has 0 bridgehead atoms. The number of anilines is 1. The lowest BCUT2D eigenvalue weighted by Crippen LogP contribution is -2.23. The summed E-state index contributed by atoms with van der Waals surface area (Å²) in [6.07, 6.45) is 1.79. The Hall–Kier alpha value is -1.38. The third kappa shape index (κ3) is 3.20. The highest BCUT2D eigenvalue weighted by atomic mass is 79.9. The zero-order valence-corrected chi connectivity index (χ0v) is 13.5. The first kappa shape index (κ1) is 15.0. The summed E-state index contributed by atoms with van der Waals surface area (Å²) in [6, 6.07) is 4.58. The molecule has 0 aliphatic rings. The van der Waals surface area contributed by atoms with E-state index in [0.717, 1.165) is 11.3 Å². The number of hydrogen-bond acceptors (Lipinski definition) is 4. The van der Waals surface area contributed by atoms with E-state index in [1.807, 2.05) is 6.92 Å². The predicted octanol–water partition coefficient (Wildman–Crippen LogP) is 1.55. The van der Waals surface area contributed by atoms with Gasteiger partial charge in [0.25, 0.3) is 0 Å². The molecule has 0 saturated heterocycles. The van der Waals surface area contributed by atoms with Crippen molar-refractivity contribution in [3.8, 4) is 0 Å². The monoisotopic (exact) mass is 358 g/mol. The van der Waals surface area contributed by atoms with Crippen molar-refractivity contribution in [3.05, 3.63) is 40.1 Å². The molecule has 0 atom stereocenters. The summed E-state index contributed by atoms with van der Waals surface area (Å²) >= 11 is 3.21. The summed E-state index contributed by atoms with van der Waals surface area (Å²) in [5.41, 5.74) is 7.73. The fraction of sp³-hybridized carbons (Fsp3) is 0.250. The number of nitrogens with zero attached hydrogens (tertiary/aromatic N) is 2. The van der Waals surface area contributed by atoms with Crippen LogP contribution < -0.4 is 10.5 Å². The summed E-state index contributed by atoms with van der Waals surface area (Å²) in [4.78, 5) is 0.160. The lowest BCUT2D eigenvalue weighted by molar-refractivity contribution is 0.580. The Morgan fingerprint density at radius 2 is 2.15 bits per heavy atom. The Balaban J connectivity index is 2.21. The predicted molar refractivity (Wildman–Crippen MR) is 80.5 cm³/mol. The van der Waals surface area contributed by atoms with Crippen molar-refractivity contribution in [3.63, 3.8) is 0 Å². The van der Waals surface area contributed by atoms with Crippen molar-refractivity contribution >= 4 is 31.6 Å². The van der Waals surface area contributed by atoms with Crippen molar-refractivity contribution in [1.29, 1.82) is 0 Å². The van der Waals surface area contributed by atoms with Gasteiger partial charge in [0, 0.05) is 35.5 Å². The van der Waals surface area contributed by atoms with Crippen LogP contribution in [0.25, 0.3) is 0 Å². The van der Waals surface area contributed by atoms with Gasteiger partial charge in [-0.05, 0) is 41.1 Å². The molecule has 108 valence electrons. The molecule has 0 spiro atoms. The maximum absolute atomic E-state index is 12.2. The molecule has 0 amide bonds. The summed E-state index contributed by atoms with van der Waals surface area (Å²) in [6.45, 7) is 2.03. The Bertz CT molecular complexity index is 740. The summed E-state index contributed by atoms with van der Waals surface area (Å²) < 4.78 is 29.1. The lowest BCUT2D eigenvalue weighted by atomic mass is 10.3. The van der Waals surface area contributed by atoms with Gasteiger partial charge in [0.15, 0.2) is 0 Å². The van der Waals surface area contributed by atoms with Gasteiger partial charge in [-0.1, -0.05) is 0 Å². The van der Waals surface area contributed by atoms with Crippen molar-refractivity contribution in [1.82, 2.24) is 14.5 Å². The van der Waals surface area contributed by atoms with Crippen LogP contribution >= 0.6 is 15.9 Å². The van der Waals surface area contributed by atoms with E-state index >= 15 is 0 Å². The minimum atomic E-state index is -3.60. The molecule has 1 aromatic heterocycles. The van der Waals surface area contributed by atoms with Gasteiger partial charge >= 0.3 is 0 Å². The van der Waals surface area contributed by atoms with Crippen molar-refractivity contribution in [2.75, 3.05) is 5.73 Å². The quantitative estimate of drug-likeness (QED) is 0.811. The van der Waals surface area contributed by atoms with Gasteiger partial charge in [-0.2, -0.15) is 5.10 Å². The second kappa shape index (κ2) is 5.55. The Labute approximate surface area is 126 Å². The standard InChI is InChI=1S/C12H15BrN4O2S/c1-8-9(7-17(2)16-8)6-15-20(18,19)12-4-3-10(14)5-11(12)13/h3-5,7,15H,6,14H2,1-2H3. The molecule has 2 aromatic rings. The van der Waals surface area contributed by atoms with E-state index in [9.17, 15) is 8.42 Å². The number of aryl methyl sites for hydroxylation is 2. The second-order valence-electron chi connectivity index (χ2n) is 4.43. The molecule has 0 aliphatic carbocycles. The first-order valence-electron chi connectivity index (χ1n) is 5.83. The molecule has 1 aromatic carbocycles. The topological polar surface area (TPSA) is 90.0 Å². The van der Waals surface area contributed by atoms with Crippen LogP contribution in [0, 0.1) is 6.92 Å². The number of nitrogens with one attached hydrogen (secondary N) is 1. The van der Waals surface area contributed by atoms with Gasteiger partial charge in [0.05, 0.1) is 10.6 Å². The minimum absolute atomic E-state index is 0.160. The number of benzene rings is 1. The van der Waals surface area contributed by atoms with Crippen molar-refractivity contribution in [2.45, 2.75) is 18.4 Å². The molecule has 20 heavy (non-hydrogen) atoms. The fourth-order valence-electron chi connectivity index (χ4n) is 1.81. The number of hydrogen-bond donors (Lipinski definition) is 2. The largest absolute Gasteiger partial charge is 0.399 e. The van der Waals surface area contributed by atoms with Crippen LogP contribution in [-0.2, 0) is 23.6 Å². The molecule has 0 radical (unpaired) electrons. The highest BCUT2D eigenvalue weighted by molar-refractivity contribution is 9.10. The summed E-state index contributed by atoms with van der Waals surface area (Å²) in [7, 11) is -1.81. The van der Waals surface area contributed by atoms with E-state index in [1.54, 1.807) is 30.1 Å². The number of nitrogens with two attached hydrogens (primary N) is 1. The van der Waals surface area contributed by atoms with E-state index in [0.29, 0.717) is 10.2 Å². The number of halogens is 1. The molecule has 0 aliphatic heterocycles. The molecule has 1 heterocycles. The Morgan fingerprint density at radius 3 is 2.70 bits per heavy atom. The Kier molecular flexibility index (Phi) is 4.17. The average Bonchev–Trinajstić information content (AvgIpc) is 2.65. The van der Waals surface area contributed by atoms with Crippen molar-refractivity contribution in [2.24, 2.45) is 7.05 Å². The van der Waals surface area contributed by atoms with Crippen LogP contribution in [0.4, 0.5) is 5.69 Å². The van der Waals surface area contributed by atoms with Crippen LogP contribution in [0.1, 0.15) is 11.3 Å². The molecule has 6 nitrogen and oxygen atoms in total. The number of sulfonamides is 1. The molecular formula is C12H15BrN4O2S. The second-order valence-corrected chi connectivity index (χ2v) is 7.02. The third-order valence-corrected chi connectivity index (χ3v) is 5.19. The smallest absolute Gasteiger partial charge is 0.241 e. The summed E-state index contributed by atoms with van der Waals surface area (Å²) in [5.74, 6) is 0. The van der Waals surface area contributed by atoms with Crippen LogP contribution in [0.2, 0.25) is 0 Å². The van der Waals surface area contributed by atoms with Crippen molar-refractivity contribution < 1.29 is 8.42 Å². The molecule has 8 heteroatoms. The lowest BCUT2D eigenvalue weighted by Gasteiger charge is -2.08. The van der Waals surface area contributed by atoms with Gasteiger partial charge < -0.3 is 5.73 Å². The van der Waals surface area contributed by atoms with Crippen LogP contribution in [0.3, 0.4) is 0 Å². The zero-order valence-electron chi connectivity index (χ0n) is 11.1. The van der Waals surface area contributed by atoms with E-state index in [-0.39, 0.29) is 11.4 Å². The van der Waals surface area contributed by atoms with E-state index < -0.39 is 10.0 Å². The highest BCUT2D eigenvalue weighted by Crippen LogP contribution is 2.24. The Morgan fingerprint density at radius 1 is 1.45 bits per heavy atom. The van der Waals surface area contributed by atoms with Crippen LogP contribution in [0.5, 0.6) is 0 Å². The van der Waals surface area contributed by atoms with Gasteiger partial charge in [-0.25, -0.2) is 13.1 Å². The maximum Gasteiger partial charge on any atom is 0.241 e. The normalized spacial score (nSPS) is 11.8. The first-order chi connectivity index (χ1) is 9.29. The van der Waals surface area contributed by atoms with Crippen LogP contribution in [0.15, 0.2) is 33.8 Å². The molecule has 0 fully saturated rings. The van der Waals surface area contributed by atoms with Gasteiger partial charge in [-0.3, -0.25) is 4.68 Å². The molecular weight excluding hydrogens is 344 g/mol. The van der Waals surface area contributed by atoms with Crippen LogP contribution in [-0.4, -0.2) is 18.2 Å².